The normalized spacial score (nSPS) is 11.1. The van der Waals surface area contributed by atoms with Crippen molar-refractivity contribution < 1.29 is 14.3 Å². The van der Waals surface area contributed by atoms with Gasteiger partial charge in [-0.25, -0.2) is 4.98 Å². The van der Waals surface area contributed by atoms with Crippen LogP contribution >= 0.6 is 0 Å². The van der Waals surface area contributed by atoms with Crippen LogP contribution in [0.5, 0.6) is 11.5 Å². The first kappa shape index (κ1) is 23.1. The van der Waals surface area contributed by atoms with Gasteiger partial charge in [0.25, 0.3) is 5.91 Å². The molecule has 0 fully saturated rings. The van der Waals surface area contributed by atoms with Gasteiger partial charge in [-0.3, -0.25) is 4.79 Å². The van der Waals surface area contributed by atoms with Gasteiger partial charge in [-0.05, 0) is 55.3 Å². The van der Waals surface area contributed by atoms with Gasteiger partial charge in [-0.2, -0.15) is 0 Å². The third-order valence-corrected chi connectivity index (χ3v) is 5.51. The number of aromatic nitrogens is 2. The Bertz CT molecular complexity index is 1280. The van der Waals surface area contributed by atoms with Gasteiger partial charge in [0.05, 0.1) is 31.3 Å². The summed E-state index contributed by atoms with van der Waals surface area (Å²) >= 11 is 0. The standard InChI is InChI=1S/C28H29N3O3/c1-3-10-21-15-16-25(26(19-21)33-2)34-18-9-17-31-24-14-8-7-13-23(24)30-27(31)20-29-28(32)22-11-5-4-6-12-22/h3-8,10-16,19H,9,17-18,20H2,1-2H3,(H,29,32)/b10-3+. The van der Waals surface area contributed by atoms with E-state index in [1.54, 1.807) is 19.2 Å². The zero-order chi connectivity index (χ0) is 23.8. The summed E-state index contributed by atoms with van der Waals surface area (Å²) in [6.45, 7) is 3.58. The van der Waals surface area contributed by atoms with Crippen molar-refractivity contribution in [2.45, 2.75) is 26.4 Å². The summed E-state index contributed by atoms with van der Waals surface area (Å²) in [4.78, 5) is 17.3. The van der Waals surface area contributed by atoms with Crippen LogP contribution in [0.3, 0.4) is 0 Å². The molecular weight excluding hydrogens is 426 g/mol. The fraction of sp³-hybridized carbons (Fsp3) is 0.214. The Morgan fingerprint density at radius 2 is 1.82 bits per heavy atom. The Hall–Kier alpha value is -4.06. The van der Waals surface area contributed by atoms with Gasteiger partial charge in [0, 0.05) is 12.1 Å². The molecule has 6 nitrogen and oxygen atoms in total. The zero-order valence-electron chi connectivity index (χ0n) is 19.5. The van der Waals surface area contributed by atoms with E-state index in [1.165, 1.54) is 0 Å². The highest BCUT2D eigenvalue weighted by molar-refractivity contribution is 5.94. The highest BCUT2D eigenvalue weighted by Gasteiger charge is 2.13. The Labute approximate surface area is 199 Å². The average Bonchev–Trinajstić information content (AvgIpc) is 3.23. The molecule has 0 aliphatic rings. The van der Waals surface area contributed by atoms with Crippen LogP contribution in [0.15, 0.2) is 78.9 Å². The molecule has 0 atom stereocenters. The second-order valence-electron chi connectivity index (χ2n) is 7.83. The molecule has 0 aliphatic carbocycles. The number of rotatable bonds is 10. The van der Waals surface area contributed by atoms with Crippen molar-refractivity contribution in [1.82, 2.24) is 14.9 Å². The van der Waals surface area contributed by atoms with Crippen LogP contribution in [-0.4, -0.2) is 29.2 Å². The molecule has 4 rings (SSSR count). The number of ether oxygens (including phenoxy) is 2. The predicted molar refractivity (Wildman–Crippen MR) is 135 cm³/mol. The molecule has 0 unspecified atom stereocenters. The van der Waals surface area contributed by atoms with E-state index in [4.69, 9.17) is 14.5 Å². The van der Waals surface area contributed by atoms with E-state index >= 15 is 0 Å². The first-order valence-corrected chi connectivity index (χ1v) is 11.4. The molecule has 34 heavy (non-hydrogen) atoms. The maximum absolute atomic E-state index is 12.5. The van der Waals surface area contributed by atoms with Crippen LogP contribution in [0.2, 0.25) is 0 Å². The van der Waals surface area contributed by atoms with Gasteiger partial charge in [-0.1, -0.05) is 48.6 Å². The SMILES string of the molecule is C/C=C/c1ccc(OCCCn2c(CNC(=O)c3ccccc3)nc3ccccc32)c(OC)c1. The molecular formula is C28H29N3O3. The van der Waals surface area contributed by atoms with E-state index in [9.17, 15) is 4.79 Å². The van der Waals surface area contributed by atoms with Crippen molar-refractivity contribution in [3.63, 3.8) is 0 Å². The summed E-state index contributed by atoms with van der Waals surface area (Å²) in [7, 11) is 1.65. The third kappa shape index (κ3) is 5.46. The lowest BCUT2D eigenvalue weighted by Crippen LogP contribution is -2.24. The molecule has 6 heteroatoms. The number of para-hydroxylation sites is 2. The number of carbonyl (C=O) groups excluding carboxylic acids is 1. The van der Waals surface area contributed by atoms with Crippen molar-refractivity contribution in [3.05, 3.63) is 95.8 Å². The van der Waals surface area contributed by atoms with Crippen LogP contribution in [0, 0.1) is 0 Å². The number of aryl methyl sites for hydroxylation is 1. The minimum Gasteiger partial charge on any atom is -0.493 e. The number of benzene rings is 3. The second kappa shape index (κ2) is 11.2. The van der Waals surface area contributed by atoms with Crippen molar-refractivity contribution in [2.24, 2.45) is 0 Å². The van der Waals surface area contributed by atoms with Crippen LogP contribution < -0.4 is 14.8 Å². The van der Waals surface area contributed by atoms with Crippen LogP contribution in [0.1, 0.15) is 35.1 Å². The number of hydrogen-bond acceptors (Lipinski definition) is 4. The van der Waals surface area contributed by atoms with E-state index < -0.39 is 0 Å². The number of nitrogens with one attached hydrogen (secondary N) is 1. The van der Waals surface area contributed by atoms with E-state index in [0.29, 0.717) is 24.5 Å². The van der Waals surface area contributed by atoms with E-state index in [1.807, 2.05) is 73.7 Å². The lowest BCUT2D eigenvalue weighted by atomic mass is 10.2. The fourth-order valence-corrected chi connectivity index (χ4v) is 3.87. The Morgan fingerprint density at radius 1 is 1.03 bits per heavy atom. The van der Waals surface area contributed by atoms with Gasteiger partial charge in [0.2, 0.25) is 0 Å². The minimum atomic E-state index is -0.115. The number of imidazole rings is 1. The summed E-state index contributed by atoms with van der Waals surface area (Å²) in [6, 6.07) is 23.1. The van der Waals surface area contributed by atoms with E-state index in [0.717, 1.165) is 41.1 Å². The molecule has 174 valence electrons. The van der Waals surface area contributed by atoms with Crippen molar-refractivity contribution in [2.75, 3.05) is 13.7 Å². The lowest BCUT2D eigenvalue weighted by molar-refractivity contribution is 0.0949. The van der Waals surface area contributed by atoms with Crippen LogP contribution in [-0.2, 0) is 13.1 Å². The molecule has 0 bridgehead atoms. The molecule has 0 saturated carbocycles. The first-order valence-electron chi connectivity index (χ1n) is 11.4. The zero-order valence-corrected chi connectivity index (χ0v) is 19.5. The lowest BCUT2D eigenvalue weighted by Gasteiger charge is -2.13. The first-order chi connectivity index (χ1) is 16.7. The minimum absolute atomic E-state index is 0.115. The van der Waals surface area contributed by atoms with Gasteiger partial charge >= 0.3 is 0 Å². The molecule has 0 spiro atoms. The van der Waals surface area contributed by atoms with Crippen LogP contribution in [0.25, 0.3) is 17.1 Å². The second-order valence-corrected chi connectivity index (χ2v) is 7.83. The third-order valence-electron chi connectivity index (χ3n) is 5.51. The Balaban J connectivity index is 1.42. The quantitative estimate of drug-likeness (QED) is 0.322. The molecule has 4 aromatic rings. The van der Waals surface area contributed by atoms with Gasteiger partial charge < -0.3 is 19.4 Å². The average molecular weight is 456 g/mol. The number of carbonyl (C=O) groups is 1. The molecule has 3 aromatic carbocycles. The topological polar surface area (TPSA) is 65.4 Å². The number of fused-ring (bicyclic) bond motifs is 1. The number of nitrogens with zero attached hydrogens (tertiary/aromatic N) is 2. The van der Waals surface area contributed by atoms with E-state index in [2.05, 4.69) is 16.0 Å². The smallest absolute Gasteiger partial charge is 0.251 e. The number of methoxy groups -OCH3 is 1. The molecule has 1 heterocycles. The summed E-state index contributed by atoms with van der Waals surface area (Å²) < 4.78 is 13.7. The monoisotopic (exact) mass is 455 g/mol. The molecule has 1 amide bonds. The van der Waals surface area contributed by atoms with Gasteiger partial charge in [0.1, 0.15) is 5.82 Å². The fourth-order valence-electron chi connectivity index (χ4n) is 3.87. The summed E-state index contributed by atoms with van der Waals surface area (Å²) in [5.74, 6) is 2.14. The van der Waals surface area contributed by atoms with E-state index in [-0.39, 0.29) is 5.91 Å². The van der Waals surface area contributed by atoms with Crippen molar-refractivity contribution in [3.8, 4) is 11.5 Å². The highest BCUT2D eigenvalue weighted by atomic mass is 16.5. The molecule has 0 aliphatic heterocycles. The number of hydrogen-bond donors (Lipinski definition) is 1. The molecule has 0 saturated heterocycles. The summed E-state index contributed by atoms with van der Waals surface area (Å²) in [5.41, 5.74) is 3.65. The van der Waals surface area contributed by atoms with Crippen molar-refractivity contribution in [1.29, 1.82) is 0 Å². The summed E-state index contributed by atoms with van der Waals surface area (Å²) in [5, 5.41) is 2.99. The van der Waals surface area contributed by atoms with Crippen LogP contribution in [0.4, 0.5) is 0 Å². The van der Waals surface area contributed by atoms with Crippen molar-refractivity contribution >= 4 is 23.0 Å². The summed E-state index contributed by atoms with van der Waals surface area (Å²) in [6.07, 6.45) is 4.79. The molecule has 0 radical (unpaired) electrons. The number of allylic oxidation sites excluding steroid dienone is 1. The molecule has 1 aromatic heterocycles. The highest BCUT2D eigenvalue weighted by Crippen LogP contribution is 2.29. The maximum Gasteiger partial charge on any atom is 0.251 e. The van der Waals surface area contributed by atoms with Gasteiger partial charge in [0.15, 0.2) is 11.5 Å². The Morgan fingerprint density at radius 3 is 2.62 bits per heavy atom. The van der Waals surface area contributed by atoms with Gasteiger partial charge in [-0.15, -0.1) is 0 Å². The maximum atomic E-state index is 12.5. The largest absolute Gasteiger partial charge is 0.493 e. The number of amides is 1. The predicted octanol–water partition coefficient (Wildman–Crippen LogP) is 5.48. The Kier molecular flexibility index (Phi) is 7.60. The molecule has 1 N–H and O–H groups in total.